The Morgan fingerprint density at radius 3 is 2.23 bits per heavy atom. The highest BCUT2D eigenvalue weighted by atomic mass is 16.5. The third kappa shape index (κ3) is 1.87. The van der Waals surface area contributed by atoms with Gasteiger partial charge in [0.2, 0.25) is 0 Å². The summed E-state index contributed by atoms with van der Waals surface area (Å²) in [7, 11) is 0. The fourth-order valence-electron chi connectivity index (χ4n) is 1.24. The second-order valence-corrected chi connectivity index (χ2v) is 3.59. The number of morpholine rings is 1. The Hall–Kier alpha value is -0.940. The largest absolute Gasteiger partial charge is 0.394 e. The lowest BCUT2D eigenvalue weighted by Gasteiger charge is -2.37. The number of carbonyl (C=O) groups is 2. The first-order valence-electron chi connectivity index (χ1n) is 4.03. The van der Waals surface area contributed by atoms with Gasteiger partial charge in [-0.15, -0.1) is 0 Å². The zero-order valence-electron chi connectivity index (χ0n) is 7.74. The zero-order chi connectivity index (χ0) is 10.1. The van der Waals surface area contributed by atoms with Crippen LogP contribution in [0.4, 0.5) is 0 Å². The molecule has 0 aromatic carbocycles. The van der Waals surface area contributed by atoms with Crippen LogP contribution in [0.2, 0.25) is 0 Å². The van der Waals surface area contributed by atoms with Gasteiger partial charge >= 0.3 is 0 Å². The lowest BCUT2D eigenvalue weighted by molar-refractivity contribution is -0.166. The van der Waals surface area contributed by atoms with Crippen LogP contribution in [0.25, 0.3) is 0 Å². The monoisotopic (exact) mass is 187 g/mol. The van der Waals surface area contributed by atoms with E-state index in [1.807, 2.05) is 0 Å². The van der Waals surface area contributed by atoms with E-state index in [0.29, 0.717) is 0 Å². The van der Waals surface area contributed by atoms with E-state index in [0.717, 1.165) is 4.90 Å². The van der Waals surface area contributed by atoms with Gasteiger partial charge in [-0.05, 0) is 13.8 Å². The fraction of sp³-hybridized carbons (Fsp3) is 0.750. The van der Waals surface area contributed by atoms with Crippen molar-refractivity contribution in [3.05, 3.63) is 0 Å². The minimum Gasteiger partial charge on any atom is -0.394 e. The van der Waals surface area contributed by atoms with Crippen molar-refractivity contribution in [1.29, 1.82) is 0 Å². The molecule has 5 heteroatoms. The summed E-state index contributed by atoms with van der Waals surface area (Å²) in [6.45, 7) is 2.84. The molecule has 0 radical (unpaired) electrons. The molecule has 1 saturated heterocycles. The quantitative estimate of drug-likeness (QED) is 0.571. The van der Waals surface area contributed by atoms with E-state index in [1.165, 1.54) is 0 Å². The molecule has 0 aromatic rings. The molecule has 0 bridgehead atoms. The minimum atomic E-state index is -0.835. The summed E-state index contributed by atoms with van der Waals surface area (Å²) in [6, 6.07) is 0. The molecule has 1 rings (SSSR count). The van der Waals surface area contributed by atoms with E-state index in [2.05, 4.69) is 0 Å². The smallest absolute Gasteiger partial charge is 0.255 e. The number of amides is 2. The Morgan fingerprint density at radius 1 is 1.38 bits per heavy atom. The summed E-state index contributed by atoms with van der Waals surface area (Å²) in [6.07, 6.45) is 0. The lowest BCUT2D eigenvalue weighted by Crippen LogP contribution is -2.58. The third-order valence-electron chi connectivity index (χ3n) is 1.94. The van der Waals surface area contributed by atoms with Gasteiger partial charge in [-0.1, -0.05) is 0 Å². The Morgan fingerprint density at radius 2 is 1.85 bits per heavy atom. The molecular formula is C8H13NO4. The van der Waals surface area contributed by atoms with Crippen LogP contribution in [0.1, 0.15) is 13.8 Å². The molecule has 1 fully saturated rings. The van der Waals surface area contributed by atoms with Gasteiger partial charge in [0.1, 0.15) is 13.2 Å². The standard InChI is InChI=1S/C8H13NO4/c1-8(2,5-10)9-6(11)3-13-4-7(9)12/h10H,3-5H2,1-2H3. The van der Waals surface area contributed by atoms with Crippen LogP contribution in [0.15, 0.2) is 0 Å². The molecule has 0 unspecified atom stereocenters. The maximum Gasteiger partial charge on any atom is 0.255 e. The number of carbonyl (C=O) groups excluding carboxylic acids is 2. The number of aliphatic hydroxyl groups excluding tert-OH is 1. The van der Waals surface area contributed by atoms with Gasteiger partial charge in [0.15, 0.2) is 0 Å². The number of imide groups is 1. The maximum absolute atomic E-state index is 11.3. The van der Waals surface area contributed by atoms with Crippen molar-refractivity contribution in [2.75, 3.05) is 19.8 Å². The molecule has 1 aliphatic rings. The summed E-state index contributed by atoms with van der Waals surface area (Å²) >= 11 is 0. The first kappa shape index (κ1) is 10.1. The van der Waals surface area contributed by atoms with Gasteiger partial charge in [-0.2, -0.15) is 0 Å². The van der Waals surface area contributed by atoms with E-state index in [9.17, 15) is 9.59 Å². The van der Waals surface area contributed by atoms with E-state index in [-0.39, 0.29) is 19.8 Å². The fourth-order valence-corrected chi connectivity index (χ4v) is 1.24. The van der Waals surface area contributed by atoms with Crippen molar-refractivity contribution in [2.45, 2.75) is 19.4 Å². The molecule has 1 heterocycles. The highest BCUT2D eigenvalue weighted by molar-refractivity contribution is 5.99. The molecule has 2 amide bonds. The van der Waals surface area contributed by atoms with Crippen molar-refractivity contribution in [1.82, 2.24) is 4.90 Å². The first-order chi connectivity index (χ1) is 5.99. The number of aliphatic hydroxyl groups is 1. The molecule has 13 heavy (non-hydrogen) atoms. The molecule has 0 aliphatic carbocycles. The van der Waals surface area contributed by atoms with Gasteiger partial charge in [0.05, 0.1) is 12.1 Å². The summed E-state index contributed by atoms with van der Waals surface area (Å²) < 4.78 is 4.74. The molecule has 0 aromatic heterocycles. The second kappa shape index (κ2) is 3.43. The number of hydrogen-bond acceptors (Lipinski definition) is 4. The van der Waals surface area contributed by atoms with Crippen molar-refractivity contribution in [3.8, 4) is 0 Å². The number of hydrogen-bond donors (Lipinski definition) is 1. The zero-order valence-corrected chi connectivity index (χ0v) is 7.74. The Balaban J connectivity index is 2.86. The Labute approximate surface area is 76.3 Å². The van der Waals surface area contributed by atoms with E-state index >= 15 is 0 Å². The molecule has 1 N–H and O–H groups in total. The average molecular weight is 187 g/mol. The highest BCUT2D eigenvalue weighted by Crippen LogP contribution is 2.16. The topological polar surface area (TPSA) is 66.8 Å². The van der Waals surface area contributed by atoms with E-state index in [4.69, 9.17) is 9.84 Å². The third-order valence-corrected chi connectivity index (χ3v) is 1.94. The van der Waals surface area contributed by atoms with Crippen LogP contribution in [0.5, 0.6) is 0 Å². The van der Waals surface area contributed by atoms with Crippen LogP contribution in [-0.2, 0) is 14.3 Å². The molecule has 5 nitrogen and oxygen atoms in total. The van der Waals surface area contributed by atoms with Crippen molar-refractivity contribution >= 4 is 11.8 Å². The first-order valence-corrected chi connectivity index (χ1v) is 4.03. The highest BCUT2D eigenvalue weighted by Gasteiger charge is 2.37. The van der Waals surface area contributed by atoms with Crippen LogP contribution in [0, 0.1) is 0 Å². The van der Waals surface area contributed by atoms with Crippen LogP contribution in [-0.4, -0.2) is 47.2 Å². The number of nitrogens with zero attached hydrogens (tertiary/aromatic N) is 1. The van der Waals surface area contributed by atoms with Crippen LogP contribution >= 0.6 is 0 Å². The van der Waals surface area contributed by atoms with E-state index < -0.39 is 17.4 Å². The van der Waals surface area contributed by atoms with Gasteiger partial charge in [0.25, 0.3) is 11.8 Å². The predicted molar refractivity (Wildman–Crippen MR) is 43.8 cm³/mol. The molecular weight excluding hydrogens is 174 g/mol. The maximum atomic E-state index is 11.3. The predicted octanol–water partition coefficient (Wildman–Crippen LogP) is -0.857. The second-order valence-electron chi connectivity index (χ2n) is 3.59. The molecule has 0 atom stereocenters. The summed E-state index contributed by atoms with van der Waals surface area (Å²) in [4.78, 5) is 23.6. The number of rotatable bonds is 2. The van der Waals surface area contributed by atoms with Crippen molar-refractivity contribution in [3.63, 3.8) is 0 Å². The summed E-state index contributed by atoms with van der Waals surface area (Å²) in [5.74, 6) is -0.786. The Kier molecular flexibility index (Phi) is 2.68. The number of ether oxygens (including phenoxy) is 1. The summed E-state index contributed by atoms with van der Waals surface area (Å²) in [5, 5.41) is 8.99. The van der Waals surface area contributed by atoms with Crippen LogP contribution in [0.3, 0.4) is 0 Å². The normalized spacial score (nSPS) is 19.5. The summed E-state index contributed by atoms with van der Waals surface area (Å²) in [5.41, 5.74) is -0.835. The minimum absolute atomic E-state index is 0.0881. The molecule has 0 saturated carbocycles. The Bertz CT molecular complexity index is 220. The molecule has 0 spiro atoms. The van der Waals surface area contributed by atoms with Crippen molar-refractivity contribution < 1.29 is 19.4 Å². The van der Waals surface area contributed by atoms with Crippen molar-refractivity contribution in [2.24, 2.45) is 0 Å². The van der Waals surface area contributed by atoms with Gasteiger partial charge in [-0.25, -0.2) is 0 Å². The average Bonchev–Trinajstić information content (AvgIpc) is 2.03. The SMILES string of the molecule is CC(C)(CO)N1C(=O)COCC1=O. The molecule has 1 aliphatic heterocycles. The molecule has 74 valence electrons. The lowest BCUT2D eigenvalue weighted by atomic mass is 10.0. The van der Waals surface area contributed by atoms with Gasteiger partial charge in [-0.3, -0.25) is 14.5 Å². The van der Waals surface area contributed by atoms with Gasteiger partial charge < -0.3 is 9.84 Å². The van der Waals surface area contributed by atoms with Gasteiger partial charge in [0, 0.05) is 0 Å². The van der Waals surface area contributed by atoms with Crippen LogP contribution < -0.4 is 0 Å². The van der Waals surface area contributed by atoms with E-state index in [1.54, 1.807) is 13.8 Å².